The van der Waals surface area contributed by atoms with E-state index in [1.54, 1.807) is 18.9 Å². The second-order valence-corrected chi connectivity index (χ2v) is 4.46. The molecular weight excluding hydrogens is 208 g/mol. The van der Waals surface area contributed by atoms with Crippen LogP contribution in [-0.4, -0.2) is 36.2 Å². The highest BCUT2D eigenvalue weighted by molar-refractivity contribution is 8.16. The van der Waals surface area contributed by atoms with Gasteiger partial charge in [-0.1, -0.05) is 12.2 Å². The van der Waals surface area contributed by atoms with E-state index >= 15 is 0 Å². The summed E-state index contributed by atoms with van der Waals surface area (Å²) in [5.41, 5.74) is 0.900. The minimum atomic E-state index is 0.391. The zero-order valence-corrected chi connectivity index (χ0v) is 9.75. The van der Waals surface area contributed by atoms with E-state index in [2.05, 4.69) is 16.9 Å². The Morgan fingerprint density at radius 3 is 3.07 bits per heavy atom. The Morgan fingerprint density at radius 2 is 2.40 bits per heavy atom. The molecule has 0 bridgehead atoms. The molecule has 0 saturated carbocycles. The van der Waals surface area contributed by atoms with E-state index in [1.165, 1.54) is 0 Å². The number of nitrogens with zero attached hydrogens (tertiary/aromatic N) is 2. The van der Waals surface area contributed by atoms with E-state index in [-0.39, 0.29) is 0 Å². The quantitative estimate of drug-likeness (QED) is 0.716. The average Bonchev–Trinajstić information content (AvgIpc) is 2.54. The Hall–Kier alpha value is -1.03. The van der Waals surface area contributed by atoms with Crippen molar-refractivity contribution in [2.45, 2.75) is 13.0 Å². The number of hydrogen-bond acceptors (Lipinski definition) is 4. The summed E-state index contributed by atoms with van der Waals surface area (Å²) in [6.07, 6.45) is 5.92. The lowest BCUT2D eigenvalue weighted by molar-refractivity contribution is 0.316. The molecule has 0 aliphatic carbocycles. The van der Waals surface area contributed by atoms with Gasteiger partial charge in [-0.05, 0) is 13.0 Å². The molecule has 1 unspecified atom stereocenters. The summed E-state index contributed by atoms with van der Waals surface area (Å²) in [7, 11) is 1.67. The Labute approximate surface area is 94.0 Å². The van der Waals surface area contributed by atoms with E-state index in [4.69, 9.17) is 4.74 Å². The molecular formula is C11H14N2OS. The summed E-state index contributed by atoms with van der Waals surface area (Å²) in [6.45, 7) is 2.82. The van der Waals surface area contributed by atoms with E-state index in [9.17, 15) is 0 Å². The molecule has 4 heteroatoms. The number of methoxy groups -OCH3 is 1. The normalized spacial score (nSPS) is 25.5. The van der Waals surface area contributed by atoms with Gasteiger partial charge in [0.25, 0.3) is 0 Å². The Morgan fingerprint density at radius 1 is 1.53 bits per heavy atom. The molecule has 0 aromatic heterocycles. The highest BCUT2D eigenvalue weighted by Gasteiger charge is 2.22. The molecule has 0 aromatic rings. The third-order valence-electron chi connectivity index (χ3n) is 2.19. The summed E-state index contributed by atoms with van der Waals surface area (Å²) in [5, 5.41) is 1.01. The first kappa shape index (κ1) is 10.5. The lowest BCUT2D eigenvalue weighted by Crippen LogP contribution is -2.13. The van der Waals surface area contributed by atoms with Crippen LogP contribution in [0.1, 0.15) is 6.92 Å². The molecule has 3 nitrogen and oxygen atoms in total. The van der Waals surface area contributed by atoms with Crippen molar-refractivity contribution in [1.29, 1.82) is 0 Å². The van der Waals surface area contributed by atoms with E-state index in [0.717, 1.165) is 22.3 Å². The third kappa shape index (κ3) is 2.31. The number of rotatable bonds is 2. The fourth-order valence-electron chi connectivity index (χ4n) is 1.46. The number of hydrogen-bond donors (Lipinski definition) is 0. The Bertz CT molecular complexity index is 369. The van der Waals surface area contributed by atoms with Gasteiger partial charge in [0.2, 0.25) is 0 Å². The van der Waals surface area contributed by atoms with Crippen molar-refractivity contribution in [1.82, 2.24) is 0 Å². The predicted molar refractivity (Wildman–Crippen MR) is 65.9 cm³/mol. The molecule has 0 fully saturated rings. The van der Waals surface area contributed by atoms with E-state index in [1.807, 2.05) is 18.2 Å². The molecule has 2 aliphatic heterocycles. The van der Waals surface area contributed by atoms with E-state index in [0.29, 0.717) is 12.6 Å². The second kappa shape index (κ2) is 4.66. The van der Waals surface area contributed by atoms with Crippen LogP contribution in [0.5, 0.6) is 0 Å². The summed E-state index contributed by atoms with van der Waals surface area (Å²) >= 11 is 1.76. The standard InChI is InChI=1S/C11H14N2OS/c1-8-7-15-11(13-8)10-9(14-2)5-3-4-6-12-10/h3-5,8H,6-7H2,1-2H3. The van der Waals surface area contributed by atoms with Gasteiger partial charge in [0.1, 0.15) is 16.5 Å². The van der Waals surface area contributed by atoms with Crippen LogP contribution in [0.3, 0.4) is 0 Å². The highest BCUT2D eigenvalue weighted by atomic mass is 32.2. The molecule has 0 aromatic carbocycles. The van der Waals surface area contributed by atoms with Crippen molar-refractivity contribution in [3.8, 4) is 0 Å². The summed E-state index contributed by atoms with van der Waals surface area (Å²) in [4.78, 5) is 9.03. The first-order valence-corrected chi connectivity index (χ1v) is 5.96. The van der Waals surface area contributed by atoms with Crippen LogP contribution in [0.25, 0.3) is 0 Å². The molecule has 0 amide bonds. The van der Waals surface area contributed by atoms with Gasteiger partial charge in [-0.25, -0.2) is 0 Å². The fraction of sp³-hybridized carbons (Fsp3) is 0.455. The van der Waals surface area contributed by atoms with Gasteiger partial charge in [0.15, 0.2) is 0 Å². The van der Waals surface area contributed by atoms with Crippen LogP contribution in [0.4, 0.5) is 0 Å². The van der Waals surface area contributed by atoms with Crippen molar-refractivity contribution in [2.24, 2.45) is 9.98 Å². The van der Waals surface area contributed by atoms with Gasteiger partial charge in [0, 0.05) is 5.75 Å². The molecule has 15 heavy (non-hydrogen) atoms. The average molecular weight is 222 g/mol. The maximum Gasteiger partial charge on any atom is 0.146 e. The first-order valence-electron chi connectivity index (χ1n) is 4.98. The van der Waals surface area contributed by atoms with Crippen LogP contribution in [-0.2, 0) is 4.74 Å². The zero-order chi connectivity index (χ0) is 10.7. The van der Waals surface area contributed by atoms with Crippen molar-refractivity contribution >= 4 is 22.5 Å². The molecule has 2 aliphatic rings. The van der Waals surface area contributed by atoms with Crippen LogP contribution in [0, 0.1) is 0 Å². The number of allylic oxidation sites excluding steroid dienone is 3. The smallest absolute Gasteiger partial charge is 0.146 e. The molecule has 0 N–H and O–H groups in total. The molecule has 0 radical (unpaired) electrons. The Kier molecular flexibility index (Phi) is 3.26. The van der Waals surface area contributed by atoms with Crippen LogP contribution >= 0.6 is 11.8 Å². The summed E-state index contributed by atoms with van der Waals surface area (Å²) < 4.78 is 5.32. The summed E-state index contributed by atoms with van der Waals surface area (Å²) in [5.74, 6) is 1.85. The van der Waals surface area contributed by atoms with Gasteiger partial charge >= 0.3 is 0 Å². The SMILES string of the molecule is COC1=CC=CCN=C1C1=NC(C)CS1. The summed E-state index contributed by atoms with van der Waals surface area (Å²) in [6, 6.07) is 0.391. The number of aliphatic imine (C=N–C) groups is 2. The minimum Gasteiger partial charge on any atom is -0.494 e. The maximum atomic E-state index is 5.32. The minimum absolute atomic E-state index is 0.391. The Balaban J connectivity index is 2.27. The topological polar surface area (TPSA) is 34.0 Å². The molecule has 80 valence electrons. The highest BCUT2D eigenvalue weighted by Crippen LogP contribution is 2.22. The third-order valence-corrected chi connectivity index (χ3v) is 3.41. The van der Waals surface area contributed by atoms with Crippen LogP contribution < -0.4 is 0 Å². The van der Waals surface area contributed by atoms with Crippen molar-refractivity contribution in [2.75, 3.05) is 19.4 Å². The lowest BCUT2D eigenvalue weighted by Gasteiger charge is -2.07. The zero-order valence-electron chi connectivity index (χ0n) is 8.93. The fourth-order valence-corrected chi connectivity index (χ4v) is 2.49. The molecule has 0 saturated heterocycles. The van der Waals surface area contributed by atoms with Crippen LogP contribution in [0.2, 0.25) is 0 Å². The molecule has 0 spiro atoms. The van der Waals surface area contributed by atoms with Gasteiger partial charge in [-0.2, -0.15) is 0 Å². The van der Waals surface area contributed by atoms with Crippen molar-refractivity contribution < 1.29 is 4.74 Å². The lowest BCUT2D eigenvalue weighted by atomic mass is 10.3. The second-order valence-electron chi connectivity index (χ2n) is 3.45. The van der Waals surface area contributed by atoms with Gasteiger partial charge < -0.3 is 4.74 Å². The molecule has 2 rings (SSSR count). The monoisotopic (exact) mass is 222 g/mol. The number of ether oxygens (including phenoxy) is 1. The van der Waals surface area contributed by atoms with Crippen molar-refractivity contribution in [3.63, 3.8) is 0 Å². The van der Waals surface area contributed by atoms with Crippen molar-refractivity contribution in [3.05, 3.63) is 24.0 Å². The van der Waals surface area contributed by atoms with Crippen LogP contribution in [0.15, 0.2) is 34.0 Å². The largest absolute Gasteiger partial charge is 0.494 e. The van der Waals surface area contributed by atoms with Gasteiger partial charge in [-0.15, -0.1) is 11.8 Å². The maximum absolute atomic E-state index is 5.32. The number of thioether (sulfide) groups is 1. The van der Waals surface area contributed by atoms with Gasteiger partial charge in [0.05, 0.1) is 19.7 Å². The molecule has 2 heterocycles. The predicted octanol–water partition coefficient (Wildman–Crippen LogP) is 2.06. The molecule has 1 atom stereocenters. The van der Waals surface area contributed by atoms with Gasteiger partial charge in [-0.3, -0.25) is 9.98 Å². The first-order chi connectivity index (χ1) is 7.31. The van der Waals surface area contributed by atoms with E-state index < -0.39 is 0 Å².